The molecule has 2 heterocycles. The summed E-state index contributed by atoms with van der Waals surface area (Å²) in [7, 11) is 1.15. The molecule has 0 N–H and O–H groups in total. The van der Waals surface area contributed by atoms with Gasteiger partial charge in [-0.3, -0.25) is 4.99 Å². The Kier molecular flexibility index (Phi) is 6.80. The molecule has 0 aromatic rings. The van der Waals surface area contributed by atoms with Gasteiger partial charge in [0.1, 0.15) is 5.66 Å². The van der Waals surface area contributed by atoms with E-state index in [1.807, 2.05) is 12.4 Å². The first-order valence-corrected chi connectivity index (χ1v) is 11.9. The van der Waals surface area contributed by atoms with Crippen molar-refractivity contribution < 1.29 is 0 Å². The van der Waals surface area contributed by atoms with Gasteiger partial charge in [-0.15, -0.1) is 0 Å². The fourth-order valence-electron chi connectivity index (χ4n) is 3.01. The van der Waals surface area contributed by atoms with Crippen LogP contribution in [0.2, 0.25) is 0 Å². The number of unbranched alkanes of at least 4 members (excludes halogenated alkanes) is 1. The predicted molar refractivity (Wildman–Crippen MR) is 112 cm³/mol. The molecule has 2 rings (SSSR count). The van der Waals surface area contributed by atoms with Crippen LogP contribution in [0.4, 0.5) is 0 Å². The van der Waals surface area contributed by atoms with Gasteiger partial charge in [0.2, 0.25) is 0 Å². The highest BCUT2D eigenvalue weighted by Gasteiger charge is 2.32. The molecule has 0 spiro atoms. The lowest BCUT2D eigenvalue weighted by Gasteiger charge is -2.26. The number of rotatable bonds is 4. The molecule has 0 saturated carbocycles. The van der Waals surface area contributed by atoms with Gasteiger partial charge in [-0.05, 0) is 55.0 Å². The summed E-state index contributed by atoms with van der Waals surface area (Å²) in [6.45, 7) is 9.44. The van der Waals surface area contributed by atoms with E-state index in [1.54, 1.807) is 0 Å². The van der Waals surface area contributed by atoms with Gasteiger partial charge in [-0.25, -0.2) is 0 Å². The Morgan fingerprint density at radius 1 is 1.21 bits per heavy atom. The van der Waals surface area contributed by atoms with Crippen LogP contribution in [0.1, 0.15) is 26.7 Å². The van der Waals surface area contributed by atoms with E-state index in [-0.39, 0.29) is 6.04 Å². The summed E-state index contributed by atoms with van der Waals surface area (Å²) >= 11 is 0. The molecule has 3 heteroatoms. The minimum absolute atomic E-state index is 0.248. The molecule has 0 amide bonds. The number of fused-ring (bicyclic) bond motifs is 1. The smallest absolute Gasteiger partial charge is 0.107 e. The second-order valence-electron chi connectivity index (χ2n) is 7.32. The minimum Gasteiger partial charge on any atom is -0.371 e. The number of nitrogens with zero attached hydrogens (tertiary/aromatic N) is 2. The molecule has 0 aromatic heterocycles. The molecule has 0 radical (unpaired) electrons. The molecule has 2 bridgehead atoms. The van der Waals surface area contributed by atoms with E-state index in [4.69, 9.17) is 0 Å². The van der Waals surface area contributed by atoms with E-state index in [0.717, 1.165) is 0 Å². The lowest BCUT2D eigenvalue weighted by atomic mass is 10.1. The number of aliphatic imine (C=N–C) groups is 1. The van der Waals surface area contributed by atoms with Crippen molar-refractivity contribution in [3.05, 3.63) is 60.0 Å². The summed E-state index contributed by atoms with van der Waals surface area (Å²) in [6, 6.07) is 0.248. The van der Waals surface area contributed by atoms with Crippen LogP contribution >= 0.6 is 7.26 Å². The second kappa shape index (κ2) is 8.62. The van der Waals surface area contributed by atoms with Gasteiger partial charge < -0.3 is 4.90 Å². The van der Waals surface area contributed by atoms with Crippen molar-refractivity contribution in [1.82, 2.24) is 4.90 Å². The summed E-state index contributed by atoms with van der Waals surface area (Å²) in [6.07, 6.45) is 23.8. The normalized spacial score (nSPS) is 26.5. The maximum absolute atomic E-state index is 4.37. The Morgan fingerprint density at radius 3 is 2.75 bits per heavy atom. The van der Waals surface area contributed by atoms with Crippen molar-refractivity contribution in [1.29, 1.82) is 0 Å². The number of allylic oxidation sites excluding steroid dienone is 6. The van der Waals surface area contributed by atoms with Crippen molar-refractivity contribution >= 4 is 13.5 Å². The average Bonchev–Trinajstić information content (AvgIpc) is 2.81. The molecule has 0 saturated heterocycles. The largest absolute Gasteiger partial charge is 0.371 e. The van der Waals surface area contributed by atoms with Crippen LogP contribution in [0.3, 0.4) is 0 Å². The standard InChI is InChI=1S/C21H32N2P/c1-6-7-15-24(4,5)21-10-8-9-18(2)19-16-20(11-13-22-17-19)23(3)14-12-21/h8-14,16-17,20-21H,6-7,15H2,1-5H3/q+1/b10-8?,14-12?,18-9+. The maximum Gasteiger partial charge on any atom is 0.107 e. The SMILES string of the molecule is CCCC[P+](C)(C)C1C=C/C=C(\C)C2=CC(C=CN=C2)N(C)C=C1. The highest BCUT2D eigenvalue weighted by Crippen LogP contribution is 2.57. The molecule has 0 aromatic carbocycles. The Hall–Kier alpha value is -1.40. The summed E-state index contributed by atoms with van der Waals surface area (Å²) in [4.78, 5) is 6.65. The third-order valence-electron chi connectivity index (χ3n) is 4.93. The monoisotopic (exact) mass is 343 g/mol. The molecular formula is C21H32N2P+. The van der Waals surface area contributed by atoms with Gasteiger partial charge in [-0.2, -0.15) is 0 Å². The molecule has 2 aliphatic rings. The molecule has 130 valence electrons. The van der Waals surface area contributed by atoms with Crippen LogP contribution in [0.15, 0.2) is 65.0 Å². The maximum atomic E-state index is 4.37. The van der Waals surface area contributed by atoms with Gasteiger partial charge in [0.05, 0.1) is 12.2 Å². The van der Waals surface area contributed by atoms with E-state index in [2.05, 4.69) is 86.8 Å². The summed E-state index contributed by atoms with van der Waals surface area (Å²) in [5, 5.41) is 0. The quantitative estimate of drug-likeness (QED) is 0.634. The fraction of sp³-hybridized carbons (Fsp3) is 0.476. The third kappa shape index (κ3) is 5.05. The topological polar surface area (TPSA) is 15.6 Å². The van der Waals surface area contributed by atoms with Crippen LogP contribution in [0.5, 0.6) is 0 Å². The third-order valence-corrected chi connectivity index (χ3v) is 8.35. The molecule has 0 aliphatic carbocycles. The first kappa shape index (κ1) is 18.9. The first-order chi connectivity index (χ1) is 11.4. The van der Waals surface area contributed by atoms with Gasteiger partial charge in [-0.1, -0.05) is 25.5 Å². The molecule has 2 aliphatic heterocycles. The van der Waals surface area contributed by atoms with Crippen molar-refractivity contribution in [2.45, 2.75) is 38.4 Å². The van der Waals surface area contributed by atoms with E-state index < -0.39 is 7.26 Å². The highest BCUT2D eigenvalue weighted by atomic mass is 31.2. The Labute approximate surface area is 148 Å². The lowest BCUT2D eigenvalue weighted by Crippen LogP contribution is -2.24. The summed E-state index contributed by atoms with van der Waals surface area (Å²) < 4.78 is 0. The van der Waals surface area contributed by atoms with Gasteiger partial charge in [0.25, 0.3) is 0 Å². The van der Waals surface area contributed by atoms with Crippen LogP contribution in [-0.4, -0.2) is 49.4 Å². The zero-order chi connectivity index (χ0) is 17.6. The number of hydrogen-bond acceptors (Lipinski definition) is 2. The second-order valence-corrected chi connectivity index (χ2v) is 11.9. The van der Waals surface area contributed by atoms with Gasteiger partial charge >= 0.3 is 0 Å². The van der Waals surface area contributed by atoms with Crippen molar-refractivity contribution in [3.8, 4) is 0 Å². The number of hydrogen-bond donors (Lipinski definition) is 0. The minimum atomic E-state index is -1.00. The molecule has 24 heavy (non-hydrogen) atoms. The molecule has 2 nitrogen and oxygen atoms in total. The zero-order valence-electron chi connectivity index (χ0n) is 15.8. The van der Waals surface area contributed by atoms with E-state index in [9.17, 15) is 0 Å². The van der Waals surface area contributed by atoms with Crippen LogP contribution in [0.25, 0.3) is 0 Å². The van der Waals surface area contributed by atoms with Crippen LogP contribution in [-0.2, 0) is 0 Å². The van der Waals surface area contributed by atoms with Gasteiger partial charge in [0, 0.05) is 40.1 Å². The van der Waals surface area contributed by atoms with Crippen molar-refractivity contribution in [2.24, 2.45) is 4.99 Å². The number of likely N-dealkylation sites (N-methyl/N-ethyl adjacent to an activating group) is 1. The van der Waals surface area contributed by atoms with Crippen molar-refractivity contribution in [2.75, 3.05) is 26.5 Å². The summed E-state index contributed by atoms with van der Waals surface area (Å²) in [5.41, 5.74) is 3.01. The van der Waals surface area contributed by atoms with E-state index in [1.165, 1.54) is 30.1 Å². The van der Waals surface area contributed by atoms with E-state index >= 15 is 0 Å². The van der Waals surface area contributed by atoms with Gasteiger partial charge in [0.15, 0.2) is 0 Å². The van der Waals surface area contributed by atoms with Crippen LogP contribution < -0.4 is 0 Å². The molecule has 0 fully saturated rings. The predicted octanol–water partition coefficient (Wildman–Crippen LogP) is 5.29. The van der Waals surface area contributed by atoms with E-state index in [0.29, 0.717) is 5.66 Å². The zero-order valence-corrected chi connectivity index (χ0v) is 16.7. The van der Waals surface area contributed by atoms with Crippen molar-refractivity contribution in [3.63, 3.8) is 0 Å². The average molecular weight is 343 g/mol. The highest BCUT2D eigenvalue weighted by molar-refractivity contribution is 7.75. The van der Waals surface area contributed by atoms with Crippen LogP contribution in [0, 0.1) is 0 Å². The Balaban J connectivity index is 2.35. The fourth-order valence-corrected chi connectivity index (χ4v) is 5.55. The summed E-state index contributed by atoms with van der Waals surface area (Å²) in [5.74, 6) is 0. The molecule has 2 atom stereocenters. The molecular weight excluding hydrogens is 311 g/mol. The first-order valence-electron chi connectivity index (χ1n) is 8.94. The molecule has 2 unspecified atom stereocenters. The Morgan fingerprint density at radius 2 is 2.00 bits per heavy atom. The lowest BCUT2D eigenvalue weighted by molar-refractivity contribution is 0.437. The Bertz CT molecular complexity index is 605.